The first-order valence-corrected chi connectivity index (χ1v) is 8.11. The summed E-state index contributed by atoms with van der Waals surface area (Å²) in [6.07, 6.45) is 0. The summed E-state index contributed by atoms with van der Waals surface area (Å²) in [5.74, 6) is -0.545. The molecule has 1 atom stereocenters. The van der Waals surface area contributed by atoms with Gasteiger partial charge in [-0.05, 0) is 36.2 Å². The summed E-state index contributed by atoms with van der Waals surface area (Å²) in [6, 6.07) is 12.1. The number of anilines is 1. The third-order valence-corrected chi connectivity index (χ3v) is 4.53. The van der Waals surface area contributed by atoms with Crippen molar-refractivity contribution in [3.05, 3.63) is 65.5 Å². The number of sulfonamides is 1. The van der Waals surface area contributed by atoms with E-state index in [4.69, 9.17) is 5.73 Å². The van der Waals surface area contributed by atoms with Gasteiger partial charge < -0.3 is 5.73 Å². The molecule has 0 spiro atoms. The molecule has 0 heterocycles. The van der Waals surface area contributed by atoms with E-state index in [1.54, 1.807) is 43.3 Å². The van der Waals surface area contributed by atoms with E-state index < -0.39 is 16.1 Å². The molecule has 2 aromatic carbocycles. The van der Waals surface area contributed by atoms with Gasteiger partial charge in [0, 0.05) is 11.7 Å². The number of rotatable bonds is 5. The zero-order chi connectivity index (χ0) is 15.5. The van der Waals surface area contributed by atoms with Crippen LogP contribution in [0.2, 0.25) is 0 Å². The Bertz CT molecular complexity index is 715. The van der Waals surface area contributed by atoms with Crippen molar-refractivity contribution in [3.8, 4) is 0 Å². The topological polar surface area (TPSA) is 72.2 Å². The standard InChI is InChI=1S/C15H17FN2O2S/c1-11(12-6-8-14(16)9-7-12)18-21(19,20)10-13-4-2-3-5-15(13)17/h2-9,11,18H,10,17H2,1H3. The Kier molecular flexibility index (Phi) is 4.59. The monoisotopic (exact) mass is 308 g/mol. The smallest absolute Gasteiger partial charge is 0.216 e. The molecule has 112 valence electrons. The fourth-order valence-electron chi connectivity index (χ4n) is 2.00. The van der Waals surface area contributed by atoms with Gasteiger partial charge in [-0.2, -0.15) is 0 Å². The fourth-order valence-corrected chi connectivity index (χ4v) is 3.43. The SMILES string of the molecule is CC(NS(=O)(=O)Cc1ccccc1N)c1ccc(F)cc1. The Labute approximate surface area is 123 Å². The average Bonchev–Trinajstić information content (AvgIpc) is 2.41. The summed E-state index contributed by atoms with van der Waals surface area (Å²) in [5, 5.41) is 0. The van der Waals surface area contributed by atoms with Crippen LogP contribution in [-0.2, 0) is 15.8 Å². The second-order valence-electron chi connectivity index (χ2n) is 4.85. The maximum Gasteiger partial charge on any atom is 0.216 e. The summed E-state index contributed by atoms with van der Waals surface area (Å²) in [6.45, 7) is 1.71. The van der Waals surface area contributed by atoms with Crippen LogP contribution in [-0.4, -0.2) is 8.42 Å². The molecule has 0 bridgehead atoms. The van der Waals surface area contributed by atoms with Crippen molar-refractivity contribution >= 4 is 15.7 Å². The van der Waals surface area contributed by atoms with Crippen LogP contribution < -0.4 is 10.5 Å². The highest BCUT2D eigenvalue weighted by atomic mass is 32.2. The van der Waals surface area contributed by atoms with E-state index in [0.717, 1.165) is 0 Å². The van der Waals surface area contributed by atoms with Crippen molar-refractivity contribution < 1.29 is 12.8 Å². The van der Waals surface area contributed by atoms with Gasteiger partial charge in [-0.25, -0.2) is 17.5 Å². The third kappa shape index (κ3) is 4.27. The lowest BCUT2D eigenvalue weighted by molar-refractivity contribution is 0.565. The van der Waals surface area contributed by atoms with Gasteiger partial charge in [0.1, 0.15) is 5.82 Å². The third-order valence-electron chi connectivity index (χ3n) is 3.13. The Morgan fingerprint density at radius 3 is 2.38 bits per heavy atom. The van der Waals surface area contributed by atoms with Crippen LogP contribution in [0.3, 0.4) is 0 Å². The molecule has 0 fully saturated rings. The minimum atomic E-state index is -3.54. The molecule has 2 rings (SSSR count). The van der Waals surface area contributed by atoms with E-state index in [0.29, 0.717) is 16.8 Å². The lowest BCUT2D eigenvalue weighted by Crippen LogP contribution is -2.28. The zero-order valence-corrected chi connectivity index (χ0v) is 12.4. The number of nitrogens with two attached hydrogens (primary N) is 1. The zero-order valence-electron chi connectivity index (χ0n) is 11.6. The molecule has 0 aromatic heterocycles. The molecule has 0 aliphatic heterocycles. The molecule has 3 N–H and O–H groups in total. The number of hydrogen-bond donors (Lipinski definition) is 2. The average molecular weight is 308 g/mol. The molecule has 0 amide bonds. The Morgan fingerprint density at radius 2 is 1.76 bits per heavy atom. The van der Waals surface area contributed by atoms with E-state index in [1.165, 1.54) is 12.1 Å². The van der Waals surface area contributed by atoms with Crippen molar-refractivity contribution in [2.45, 2.75) is 18.7 Å². The number of benzene rings is 2. The summed E-state index contributed by atoms with van der Waals surface area (Å²) in [5.41, 5.74) is 7.44. The normalized spacial score (nSPS) is 13.0. The predicted octanol–water partition coefficient (Wildman–Crippen LogP) is 2.59. The van der Waals surface area contributed by atoms with Crippen LogP contribution in [0, 0.1) is 5.82 Å². The lowest BCUT2D eigenvalue weighted by atomic mass is 10.1. The van der Waals surface area contributed by atoms with E-state index in [-0.39, 0.29) is 11.6 Å². The van der Waals surface area contributed by atoms with E-state index in [1.807, 2.05) is 0 Å². The van der Waals surface area contributed by atoms with Crippen molar-refractivity contribution in [1.29, 1.82) is 0 Å². The Hall–Kier alpha value is -1.92. The number of nitrogens with one attached hydrogen (secondary N) is 1. The molecule has 0 saturated carbocycles. The number of hydrogen-bond acceptors (Lipinski definition) is 3. The molecule has 2 aromatic rings. The molecule has 0 radical (unpaired) electrons. The first-order chi connectivity index (χ1) is 9.87. The lowest BCUT2D eigenvalue weighted by Gasteiger charge is -2.15. The second kappa shape index (κ2) is 6.24. The highest BCUT2D eigenvalue weighted by Gasteiger charge is 2.17. The van der Waals surface area contributed by atoms with Crippen molar-refractivity contribution in [2.24, 2.45) is 0 Å². The molecule has 1 unspecified atom stereocenters. The maximum absolute atomic E-state index is 12.9. The second-order valence-corrected chi connectivity index (χ2v) is 6.60. The molecule has 6 heteroatoms. The largest absolute Gasteiger partial charge is 0.398 e. The van der Waals surface area contributed by atoms with Gasteiger partial charge in [-0.3, -0.25) is 0 Å². The molecule has 21 heavy (non-hydrogen) atoms. The number of para-hydroxylation sites is 1. The van der Waals surface area contributed by atoms with Crippen LogP contribution in [0.25, 0.3) is 0 Å². The van der Waals surface area contributed by atoms with Gasteiger partial charge >= 0.3 is 0 Å². The molecular formula is C15H17FN2O2S. The fraction of sp³-hybridized carbons (Fsp3) is 0.200. The quantitative estimate of drug-likeness (QED) is 0.834. The molecule has 4 nitrogen and oxygen atoms in total. The van der Waals surface area contributed by atoms with Crippen LogP contribution in [0.15, 0.2) is 48.5 Å². The maximum atomic E-state index is 12.9. The molecular weight excluding hydrogens is 291 g/mol. The van der Waals surface area contributed by atoms with Gasteiger partial charge in [0.15, 0.2) is 0 Å². The first kappa shape index (κ1) is 15.5. The van der Waals surface area contributed by atoms with Gasteiger partial charge in [0.2, 0.25) is 10.0 Å². The highest BCUT2D eigenvalue weighted by Crippen LogP contribution is 2.17. The Balaban J connectivity index is 2.10. The number of nitrogen functional groups attached to an aromatic ring is 1. The predicted molar refractivity (Wildman–Crippen MR) is 81.4 cm³/mol. The van der Waals surface area contributed by atoms with Gasteiger partial charge in [0.05, 0.1) is 5.75 Å². The van der Waals surface area contributed by atoms with Gasteiger partial charge in [0.25, 0.3) is 0 Å². The van der Waals surface area contributed by atoms with Crippen LogP contribution >= 0.6 is 0 Å². The first-order valence-electron chi connectivity index (χ1n) is 6.46. The summed E-state index contributed by atoms with van der Waals surface area (Å²) in [4.78, 5) is 0. The highest BCUT2D eigenvalue weighted by molar-refractivity contribution is 7.88. The van der Waals surface area contributed by atoms with Crippen LogP contribution in [0.1, 0.15) is 24.1 Å². The van der Waals surface area contributed by atoms with Gasteiger partial charge in [-0.1, -0.05) is 30.3 Å². The van der Waals surface area contributed by atoms with Crippen molar-refractivity contribution in [2.75, 3.05) is 5.73 Å². The molecule has 0 aliphatic carbocycles. The van der Waals surface area contributed by atoms with E-state index >= 15 is 0 Å². The molecule has 0 aliphatic rings. The van der Waals surface area contributed by atoms with Crippen molar-refractivity contribution in [3.63, 3.8) is 0 Å². The van der Waals surface area contributed by atoms with Crippen molar-refractivity contribution in [1.82, 2.24) is 4.72 Å². The van der Waals surface area contributed by atoms with Crippen LogP contribution in [0.5, 0.6) is 0 Å². The van der Waals surface area contributed by atoms with Crippen LogP contribution in [0.4, 0.5) is 10.1 Å². The van der Waals surface area contributed by atoms with E-state index in [9.17, 15) is 12.8 Å². The minimum absolute atomic E-state index is 0.189. The minimum Gasteiger partial charge on any atom is -0.398 e. The summed E-state index contributed by atoms with van der Waals surface area (Å²) >= 11 is 0. The summed E-state index contributed by atoms with van der Waals surface area (Å²) in [7, 11) is -3.54. The van der Waals surface area contributed by atoms with Gasteiger partial charge in [-0.15, -0.1) is 0 Å². The Morgan fingerprint density at radius 1 is 1.14 bits per heavy atom. The molecule has 0 saturated heterocycles. The van der Waals surface area contributed by atoms with E-state index in [2.05, 4.69) is 4.72 Å². The summed E-state index contributed by atoms with van der Waals surface area (Å²) < 4.78 is 39.8. The number of halogens is 1.